The van der Waals surface area contributed by atoms with Crippen LogP contribution in [-0.2, 0) is 11.3 Å². The summed E-state index contributed by atoms with van der Waals surface area (Å²) in [5, 5.41) is 0.470. The van der Waals surface area contributed by atoms with Gasteiger partial charge >= 0.3 is 0 Å². The predicted molar refractivity (Wildman–Crippen MR) is 115 cm³/mol. The summed E-state index contributed by atoms with van der Waals surface area (Å²) in [6.07, 6.45) is 1.47. The van der Waals surface area contributed by atoms with Crippen molar-refractivity contribution in [3.63, 3.8) is 0 Å². The number of hydrogen-bond acceptors (Lipinski definition) is 4. The minimum absolute atomic E-state index is 0.145. The molecule has 0 unspecified atom stereocenters. The standard InChI is InChI=1S/C23H19ClFN3O2/c1-15(12-30-13-16-6-3-2-4-7-16)28-14-26-22-19(23(28)29)11-20(24)27-21(22)17-8-5-9-18(25)10-17/h2-11,14-15H,12-13H2,1H3/t15-/m0/s1. The third kappa shape index (κ3) is 4.25. The molecule has 0 aliphatic heterocycles. The molecular formula is C23H19ClFN3O2. The lowest BCUT2D eigenvalue weighted by Crippen LogP contribution is -2.26. The molecule has 0 bridgehead atoms. The van der Waals surface area contributed by atoms with Gasteiger partial charge in [-0.3, -0.25) is 9.36 Å². The molecule has 0 saturated carbocycles. The van der Waals surface area contributed by atoms with Gasteiger partial charge in [0.25, 0.3) is 5.56 Å². The third-order valence-corrected chi connectivity index (χ3v) is 4.97. The first-order chi connectivity index (χ1) is 14.5. The Labute approximate surface area is 177 Å². The van der Waals surface area contributed by atoms with Gasteiger partial charge in [-0.15, -0.1) is 0 Å². The Morgan fingerprint density at radius 2 is 1.93 bits per heavy atom. The quantitative estimate of drug-likeness (QED) is 0.408. The van der Waals surface area contributed by atoms with E-state index in [9.17, 15) is 9.18 Å². The fraction of sp³-hybridized carbons (Fsp3) is 0.174. The van der Waals surface area contributed by atoms with E-state index in [4.69, 9.17) is 16.3 Å². The van der Waals surface area contributed by atoms with Crippen molar-refractivity contribution in [3.8, 4) is 11.3 Å². The van der Waals surface area contributed by atoms with Crippen LogP contribution in [0.3, 0.4) is 0 Å². The van der Waals surface area contributed by atoms with Crippen molar-refractivity contribution < 1.29 is 9.13 Å². The molecule has 152 valence electrons. The van der Waals surface area contributed by atoms with Crippen molar-refractivity contribution in [2.24, 2.45) is 0 Å². The van der Waals surface area contributed by atoms with E-state index in [1.807, 2.05) is 37.3 Å². The first-order valence-electron chi connectivity index (χ1n) is 9.48. The van der Waals surface area contributed by atoms with Crippen LogP contribution in [0.4, 0.5) is 4.39 Å². The van der Waals surface area contributed by atoms with Crippen molar-refractivity contribution in [1.29, 1.82) is 0 Å². The summed E-state index contributed by atoms with van der Waals surface area (Å²) in [6, 6.07) is 17.0. The minimum Gasteiger partial charge on any atom is -0.375 e. The van der Waals surface area contributed by atoms with Crippen LogP contribution in [0.2, 0.25) is 5.15 Å². The van der Waals surface area contributed by atoms with Gasteiger partial charge in [-0.2, -0.15) is 0 Å². The Kier molecular flexibility index (Phi) is 5.88. The molecule has 0 fully saturated rings. The van der Waals surface area contributed by atoms with E-state index < -0.39 is 5.82 Å². The smallest absolute Gasteiger partial charge is 0.261 e. The highest BCUT2D eigenvalue weighted by atomic mass is 35.5. The summed E-state index contributed by atoms with van der Waals surface area (Å²) in [6.45, 7) is 2.69. The number of benzene rings is 2. The summed E-state index contributed by atoms with van der Waals surface area (Å²) in [5.41, 5.74) is 2.06. The lowest BCUT2D eigenvalue weighted by molar-refractivity contribution is 0.0937. The number of ether oxygens (including phenoxy) is 1. The molecule has 0 aliphatic rings. The van der Waals surface area contributed by atoms with E-state index in [1.54, 1.807) is 12.1 Å². The van der Waals surface area contributed by atoms with Gasteiger partial charge in [-0.25, -0.2) is 14.4 Å². The van der Waals surface area contributed by atoms with Crippen molar-refractivity contribution >= 4 is 22.5 Å². The molecule has 30 heavy (non-hydrogen) atoms. The van der Waals surface area contributed by atoms with E-state index >= 15 is 0 Å². The van der Waals surface area contributed by atoms with Crippen molar-refractivity contribution in [2.45, 2.75) is 19.6 Å². The normalized spacial score (nSPS) is 12.2. The molecule has 0 saturated heterocycles. The summed E-state index contributed by atoms with van der Waals surface area (Å²) in [4.78, 5) is 21.8. The molecule has 7 heteroatoms. The monoisotopic (exact) mass is 423 g/mol. The SMILES string of the molecule is C[C@@H](COCc1ccccc1)n1cnc2c(-c3cccc(F)c3)nc(Cl)cc2c1=O. The maximum absolute atomic E-state index is 13.7. The second-order valence-corrected chi connectivity index (χ2v) is 7.39. The first-order valence-corrected chi connectivity index (χ1v) is 9.85. The van der Waals surface area contributed by atoms with Gasteiger partial charge in [-0.05, 0) is 30.7 Å². The maximum Gasteiger partial charge on any atom is 0.261 e. The number of hydrogen-bond donors (Lipinski definition) is 0. The number of halogens is 2. The van der Waals surface area contributed by atoms with E-state index in [0.29, 0.717) is 35.4 Å². The van der Waals surface area contributed by atoms with E-state index in [1.165, 1.54) is 29.1 Å². The van der Waals surface area contributed by atoms with Crippen molar-refractivity contribution in [3.05, 3.63) is 93.9 Å². The van der Waals surface area contributed by atoms with Gasteiger partial charge in [0.15, 0.2) is 0 Å². The molecule has 2 heterocycles. The van der Waals surface area contributed by atoms with Crippen LogP contribution < -0.4 is 5.56 Å². The average molecular weight is 424 g/mol. The highest BCUT2D eigenvalue weighted by Crippen LogP contribution is 2.27. The number of rotatable bonds is 6. The molecule has 0 radical (unpaired) electrons. The zero-order chi connectivity index (χ0) is 21.1. The predicted octanol–water partition coefficient (Wildman–Crippen LogP) is 5.03. The van der Waals surface area contributed by atoms with Crippen molar-refractivity contribution in [2.75, 3.05) is 6.61 Å². The second-order valence-electron chi connectivity index (χ2n) is 7.01. The van der Waals surface area contributed by atoms with Crippen molar-refractivity contribution in [1.82, 2.24) is 14.5 Å². The summed E-state index contributed by atoms with van der Waals surface area (Å²) in [7, 11) is 0. The Morgan fingerprint density at radius 3 is 2.70 bits per heavy atom. The van der Waals surface area contributed by atoms with Crippen LogP contribution >= 0.6 is 11.6 Å². The molecule has 0 spiro atoms. The minimum atomic E-state index is -0.403. The second kappa shape index (κ2) is 8.73. The van der Waals surface area contributed by atoms with Crippen LogP contribution in [0.15, 0.2) is 71.8 Å². The van der Waals surface area contributed by atoms with Crippen LogP contribution in [0.25, 0.3) is 22.2 Å². The molecule has 0 aliphatic carbocycles. The zero-order valence-corrected chi connectivity index (χ0v) is 17.0. The Morgan fingerprint density at radius 1 is 1.13 bits per heavy atom. The largest absolute Gasteiger partial charge is 0.375 e. The van der Waals surface area contributed by atoms with Gasteiger partial charge in [-0.1, -0.05) is 54.1 Å². The maximum atomic E-state index is 13.7. The average Bonchev–Trinajstić information content (AvgIpc) is 2.74. The molecular weight excluding hydrogens is 405 g/mol. The first kappa shape index (κ1) is 20.2. The Balaban J connectivity index is 1.64. The molecule has 4 aromatic rings. The fourth-order valence-corrected chi connectivity index (χ4v) is 3.46. The summed E-state index contributed by atoms with van der Waals surface area (Å²) >= 11 is 6.16. The van der Waals surface area contributed by atoms with Gasteiger partial charge in [0, 0.05) is 5.56 Å². The van der Waals surface area contributed by atoms with Gasteiger partial charge in [0.1, 0.15) is 16.5 Å². The highest BCUT2D eigenvalue weighted by Gasteiger charge is 2.16. The summed E-state index contributed by atoms with van der Waals surface area (Å²) < 4.78 is 21.0. The molecule has 4 rings (SSSR count). The van der Waals surface area contributed by atoms with Crippen LogP contribution in [0.1, 0.15) is 18.5 Å². The van der Waals surface area contributed by atoms with Crippen LogP contribution in [-0.4, -0.2) is 21.1 Å². The molecule has 2 aromatic heterocycles. The zero-order valence-electron chi connectivity index (χ0n) is 16.3. The summed E-state index contributed by atoms with van der Waals surface area (Å²) in [5.74, 6) is -0.403. The lowest BCUT2D eigenvalue weighted by atomic mass is 10.1. The lowest BCUT2D eigenvalue weighted by Gasteiger charge is -2.16. The fourth-order valence-electron chi connectivity index (χ4n) is 3.27. The molecule has 0 N–H and O–H groups in total. The molecule has 2 aromatic carbocycles. The van der Waals surface area contributed by atoms with E-state index in [-0.39, 0.29) is 16.8 Å². The highest BCUT2D eigenvalue weighted by molar-refractivity contribution is 6.30. The number of nitrogens with zero attached hydrogens (tertiary/aromatic N) is 3. The topological polar surface area (TPSA) is 57.0 Å². The molecule has 0 amide bonds. The van der Waals surface area contributed by atoms with E-state index in [2.05, 4.69) is 9.97 Å². The van der Waals surface area contributed by atoms with E-state index in [0.717, 1.165) is 5.56 Å². The Hall–Kier alpha value is -3.09. The number of pyridine rings is 1. The molecule has 1 atom stereocenters. The van der Waals surface area contributed by atoms with Gasteiger partial charge in [0.2, 0.25) is 0 Å². The van der Waals surface area contributed by atoms with Crippen LogP contribution in [0.5, 0.6) is 0 Å². The van der Waals surface area contributed by atoms with Gasteiger partial charge < -0.3 is 4.74 Å². The number of fused-ring (bicyclic) bond motifs is 1. The van der Waals surface area contributed by atoms with Crippen LogP contribution in [0, 0.1) is 5.82 Å². The number of aromatic nitrogens is 3. The Bertz CT molecular complexity index is 1240. The third-order valence-electron chi connectivity index (χ3n) is 4.78. The van der Waals surface area contributed by atoms with Gasteiger partial charge in [0.05, 0.1) is 36.7 Å². The molecule has 5 nitrogen and oxygen atoms in total.